The van der Waals surface area contributed by atoms with Crippen LogP contribution in [0.4, 0.5) is 13.2 Å². The van der Waals surface area contributed by atoms with Crippen LogP contribution in [0, 0.1) is 6.92 Å². The highest BCUT2D eigenvalue weighted by Crippen LogP contribution is 2.29. The lowest BCUT2D eigenvalue weighted by atomic mass is 10.2. The molecule has 2 heterocycles. The third-order valence-electron chi connectivity index (χ3n) is 1.87. The van der Waals surface area contributed by atoms with E-state index >= 15 is 0 Å². The number of hydrogen-bond donors (Lipinski definition) is 0. The lowest BCUT2D eigenvalue weighted by Crippen LogP contribution is -2.23. The fourth-order valence-corrected chi connectivity index (χ4v) is 1.75. The quantitative estimate of drug-likeness (QED) is 0.694. The van der Waals surface area contributed by atoms with Crippen molar-refractivity contribution in [1.29, 1.82) is 0 Å². The summed E-state index contributed by atoms with van der Waals surface area (Å²) < 4.78 is 41.9. The van der Waals surface area contributed by atoms with E-state index in [-0.39, 0.29) is 4.96 Å². The van der Waals surface area contributed by atoms with Gasteiger partial charge in [-0.05, 0) is 6.92 Å². The Hall–Kier alpha value is -1.44. The first-order valence-electron chi connectivity index (χ1n) is 3.82. The summed E-state index contributed by atoms with van der Waals surface area (Å²) in [6.45, 7) is 1.10. The summed E-state index contributed by atoms with van der Waals surface area (Å²) in [5.41, 5.74) is -2.29. The maximum atomic E-state index is 12.4. The number of halogens is 3. The molecule has 2 aromatic heterocycles. The third kappa shape index (κ3) is 1.50. The van der Waals surface area contributed by atoms with Crippen LogP contribution in [0.2, 0.25) is 0 Å². The second kappa shape index (κ2) is 3.02. The predicted molar refractivity (Wildman–Crippen MR) is 46.9 cm³/mol. The Morgan fingerprint density at radius 3 is 2.73 bits per heavy atom. The Kier molecular flexibility index (Phi) is 2.03. The molecule has 0 amide bonds. The summed E-state index contributed by atoms with van der Waals surface area (Å²) in [6.07, 6.45) is -3.45. The molecule has 0 N–H and O–H groups in total. The van der Waals surface area contributed by atoms with Gasteiger partial charge in [-0.15, -0.1) is 0 Å². The monoisotopic (exact) mass is 235 g/mol. The summed E-state index contributed by atoms with van der Waals surface area (Å²) in [5.74, 6) is 0. The first-order chi connectivity index (χ1) is 6.91. The van der Waals surface area contributed by atoms with Gasteiger partial charge in [0.15, 0.2) is 5.69 Å². The molecule has 0 aliphatic rings. The molecule has 0 aliphatic heterocycles. The first kappa shape index (κ1) is 10.1. The van der Waals surface area contributed by atoms with Crippen molar-refractivity contribution in [3.05, 3.63) is 27.9 Å². The van der Waals surface area contributed by atoms with E-state index < -0.39 is 23.0 Å². The zero-order valence-corrected chi connectivity index (χ0v) is 8.19. The SMILES string of the molecule is Cc1c(C(F)(F)F)nc2sncn2c1=O. The molecule has 0 fully saturated rings. The van der Waals surface area contributed by atoms with Crippen LogP contribution in [0.3, 0.4) is 0 Å². The van der Waals surface area contributed by atoms with Crippen LogP contribution in [0.5, 0.6) is 0 Å². The lowest BCUT2D eigenvalue weighted by molar-refractivity contribution is -0.141. The van der Waals surface area contributed by atoms with Crippen molar-refractivity contribution in [2.75, 3.05) is 0 Å². The second-order valence-electron chi connectivity index (χ2n) is 2.85. The number of aromatic nitrogens is 3. The minimum Gasteiger partial charge on any atom is -0.268 e. The van der Waals surface area contributed by atoms with Gasteiger partial charge in [-0.1, -0.05) is 0 Å². The van der Waals surface area contributed by atoms with Crippen molar-refractivity contribution in [2.45, 2.75) is 13.1 Å². The molecule has 15 heavy (non-hydrogen) atoms. The minimum atomic E-state index is -4.61. The van der Waals surface area contributed by atoms with Gasteiger partial charge in [0.05, 0.1) is 0 Å². The number of fused-ring (bicyclic) bond motifs is 1. The van der Waals surface area contributed by atoms with Crippen LogP contribution >= 0.6 is 11.5 Å². The summed E-state index contributed by atoms with van der Waals surface area (Å²) in [6, 6.07) is 0. The molecule has 0 bridgehead atoms. The fourth-order valence-electron chi connectivity index (χ4n) is 1.16. The Balaban J connectivity index is 2.88. The van der Waals surface area contributed by atoms with Gasteiger partial charge in [-0.2, -0.15) is 17.5 Å². The molecule has 0 saturated carbocycles. The third-order valence-corrected chi connectivity index (χ3v) is 2.52. The zero-order chi connectivity index (χ0) is 11.2. The summed E-state index contributed by atoms with van der Waals surface area (Å²) in [4.78, 5) is 14.7. The summed E-state index contributed by atoms with van der Waals surface area (Å²) >= 11 is 0.742. The Morgan fingerprint density at radius 2 is 2.13 bits per heavy atom. The Bertz CT molecular complexity index is 571. The maximum absolute atomic E-state index is 12.4. The first-order valence-corrected chi connectivity index (χ1v) is 4.59. The van der Waals surface area contributed by atoms with Gasteiger partial charge in [0.25, 0.3) is 5.56 Å². The topological polar surface area (TPSA) is 47.3 Å². The molecular weight excluding hydrogens is 231 g/mol. The smallest absolute Gasteiger partial charge is 0.268 e. The zero-order valence-electron chi connectivity index (χ0n) is 7.37. The molecule has 0 radical (unpaired) electrons. The van der Waals surface area contributed by atoms with Crippen molar-refractivity contribution in [3.63, 3.8) is 0 Å². The van der Waals surface area contributed by atoms with Gasteiger partial charge in [0.1, 0.15) is 6.33 Å². The largest absolute Gasteiger partial charge is 0.433 e. The molecule has 0 aromatic carbocycles. The molecular formula is C7H4F3N3OS. The normalized spacial score (nSPS) is 12.3. The highest BCUT2D eigenvalue weighted by Gasteiger charge is 2.36. The van der Waals surface area contributed by atoms with Crippen LogP contribution in [-0.4, -0.2) is 13.8 Å². The van der Waals surface area contributed by atoms with E-state index in [9.17, 15) is 18.0 Å². The number of hydrogen-bond acceptors (Lipinski definition) is 4. The van der Waals surface area contributed by atoms with E-state index in [0.29, 0.717) is 0 Å². The molecule has 0 aliphatic carbocycles. The molecule has 0 unspecified atom stereocenters. The fraction of sp³-hybridized carbons (Fsp3) is 0.286. The van der Waals surface area contributed by atoms with Crippen LogP contribution < -0.4 is 5.56 Å². The standard InChI is InChI=1S/C7H4F3N3OS/c1-3-4(7(8,9)10)12-6-13(5(3)14)2-11-15-6/h2H,1H3. The molecule has 0 spiro atoms. The van der Waals surface area contributed by atoms with E-state index in [1.165, 1.54) is 0 Å². The van der Waals surface area contributed by atoms with Gasteiger partial charge in [-0.25, -0.2) is 9.38 Å². The van der Waals surface area contributed by atoms with E-state index in [2.05, 4.69) is 9.36 Å². The van der Waals surface area contributed by atoms with Gasteiger partial charge in [-0.3, -0.25) is 4.79 Å². The summed E-state index contributed by atoms with van der Waals surface area (Å²) in [7, 11) is 0. The Morgan fingerprint density at radius 1 is 1.47 bits per heavy atom. The number of rotatable bonds is 0. The molecule has 0 atom stereocenters. The maximum Gasteiger partial charge on any atom is 0.433 e. The van der Waals surface area contributed by atoms with Crippen LogP contribution in [-0.2, 0) is 6.18 Å². The highest BCUT2D eigenvalue weighted by molar-refractivity contribution is 7.11. The molecule has 2 aromatic rings. The summed E-state index contributed by atoms with van der Waals surface area (Å²) in [5, 5.41) is 0. The van der Waals surface area contributed by atoms with Crippen molar-refractivity contribution < 1.29 is 13.2 Å². The highest BCUT2D eigenvalue weighted by atomic mass is 32.1. The molecule has 0 saturated heterocycles. The van der Waals surface area contributed by atoms with E-state index in [1.807, 2.05) is 0 Å². The van der Waals surface area contributed by atoms with Gasteiger partial charge >= 0.3 is 6.18 Å². The number of alkyl halides is 3. The van der Waals surface area contributed by atoms with Gasteiger partial charge in [0, 0.05) is 17.1 Å². The number of nitrogens with zero attached hydrogens (tertiary/aromatic N) is 3. The van der Waals surface area contributed by atoms with Gasteiger partial charge in [0.2, 0.25) is 4.96 Å². The van der Waals surface area contributed by atoms with Crippen LogP contribution in [0.1, 0.15) is 11.3 Å². The molecule has 2 rings (SSSR count). The van der Waals surface area contributed by atoms with Crippen LogP contribution in [0.15, 0.2) is 11.1 Å². The van der Waals surface area contributed by atoms with E-state index in [4.69, 9.17) is 0 Å². The lowest BCUT2D eigenvalue weighted by Gasteiger charge is -2.07. The average molecular weight is 235 g/mol. The van der Waals surface area contributed by atoms with Crippen molar-refractivity contribution in [3.8, 4) is 0 Å². The van der Waals surface area contributed by atoms with Crippen molar-refractivity contribution in [1.82, 2.24) is 13.8 Å². The van der Waals surface area contributed by atoms with E-state index in [1.54, 1.807) is 0 Å². The minimum absolute atomic E-state index is 0.0575. The van der Waals surface area contributed by atoms with E-state index in [0.717, 1.165) is 29.2 Å². The van der Waals surface area contributed by atoms with Gasteiger partial charge < -0.3 is 0 Å². The van der Waals surface area contributed by atoms with Crippen molar-refractivity contribution in [2.24, 2.45) is 0 Å². The molecule has 8 heteroatoms. The van der Waals surface area contributed by atoms with Crippen LogP contribution in [0.25, 0.3) is 4.96 Å². The molecule has 80 valence electrons. The Labute approximate surface area is 85.2 Å². The average Bonchev–Trinajstić information content (AvgIpc) is 2.57. The molecule has 4 nitrogen and oxygen atoms in total. The second-order valence-corrected chi connectivity index (χ2v) is 3.61. The predicted octanol–water partition coefficient (Wildman–Crippen LogP) is 1.48. The van der Waals surface area contributed by atoms with Crippen molar-refractivity contribution >= 4 is 16.5 Å².